The van der Waals surface area contributed by atoms with Crippen molar-refractivity contribution in [2.45, 2.75) is 19.4 Å². The number of nitrogens with zero attached hydrogens (tertiary/aromatic N) is 3. The molecule has 0 fully saturated rings. The number of aromatic nitrogens is 2. The van der Waals surface area contributed by atoms with Gasteiger partial charge in [-0.15, -0.1) is 0 Å². The zero-order valence-corrected chi connectivity index (χ0v) is 10.8. The number of aryl methyl sites for hydroxylation is 2. The minimum atomic E-state index is 0.684. The topological polar surface area (TPSA) is 68.2 Å². The van der Waals surface area contributed by atoms with Crippen LogP contribution in [0, 0.1) is 0 Å². The fourth-order valence-electron chi connectivity index (χ4n) is 1.67. The Morgan fingerprint density at radius 2 is 1.89 bits per heavy atom. The minimum absolute atomic E-state index is 0.684. The lowest BCUT2D eigenvalue weighted by atomic mass is 10.1. The third kappa shape index (κ3) is 3.56. The van der Waals surface area contributed by atoms with Crippen LogP contribution in [0.15, 0.2) is 28.8 Å². The lowest BCUT2D eigenvalue weighted by Gasteiger charge is -2.03. The van der Waals surface area contributed by atoms with Crippen molar-refractivity contribution in [2.75, 3.05) is 19.8 Å². The van der Waals surface area contributed by atoms with Crippen molar-refractivity contribution in [1.29, 1.82) is 0 Å². The second-order valence-corrected chi connectivity index (χ2v) is 4.58. The van der Waals surface area contributed by atoms with Crippen molar-refractivity contribution < 1.29 is 4.52 Å². The van der Waals surface area contributed by atoms with Crippen molar-refractivity contribution >= 4 is 5.69 Å². The minimum Gasteiger partial charge on any atom is -0.399 e. The van der Waals surface area contributed by atoms with Crippen LogP contribution < -0.4 is 5.73 Å². The molecule has 0 atom stereocenters. The Morgan fingerprint density at radius 1 is 1.17 bits per heavy atom. The smallest absolute Gasteiger partial charge is 0.227 e. The van der Waals surface area contributed by atoms with Crippen LogP contribution in [0.1, 0.15) is 17.3 Å². The highest BCUT2D eigenvalue weighted by Gasteiger charge is 2.07. The molecule has 0 unspecified atom stereocenters. The van der Waals surface area contributed by atoms with Crippen molar-refractivity contribution in [1.82, 2.24) is 15.0 Å². The largest absolute Gasteiger partial charge is 0.399 e. The van der Waals surface area contributed by atoms with E-state index in [9.17, 15) is 0 Å². The molecular formula is C13H18N4O. The molecule has 5 heteroatoms. The van der Waals surface area contributed by atoms with Gasteiger partial charge in [0.25, 0.3) is 0 Å². The molecule has 0 amide bonds. The van der Waals surface area contributed by atoms with Crippen LogP contribution in [0.5, 0.6) is 0 Å². The second kappa shape index (κ2) is 5.64. The Balaban J connectivity index is 1.90. The summed E-state index contributed by atoms with van der Waals surface area (Å²) >= 11 is 0. The Labute approximate surface area is 107 Å². The Hall–Kier alpha value is -1.88. The first-order chi connectivity index (χ1) is 8.63. The predicted molar refractivity (Wildman–Crippen MR) is 70.0 cm³/mol. The Morgan fingerprint density at radius 3 is 2.56 bits per heavy atom. The highest BCUT2D eigenvalue weighted by Crippen LogP contribution is 2.09. The van der Waals surface area contributed by atoms with Gasteiger partial charge in [-0.2, -0.15) is 4.98 Å². The molecule has 0 aliphatic carbocycles. The van der Waals surface area contributed by atoms with E-state index in [1.807, 2.05) is 43.3 Å². The molecule has 0 saturated heterocycles. The Kier molecular flexibility index (Phi) is 3.94. The summed E-state index contributed by atoms with van der Waals surface area (Å²) in [5.41, 5.74) is 7.64. The Bertz CT molecular complexity index is 490. The first-order valence-electron chi connectivity index (χ1n) is 5.94. The summed E-state index contributed by atoms with van der Waals surface area (Å²) in [6.07, 6.45) is 1.63. The first-order valence-corrected chi connectivity index (χ1v) is 5.94. The number of hydrogen-bond acceptors (Lipinski definition) is 5. The van der Waals surface area contributed by atoms with Gasteiger partial charge >= 0.3 is 0 Å². The lowest BCUT2D eigenvalue weighted by Crippen LogP contribution is -2.11. The van der Waals surface area contributed by atoms with Gasteiger partial charge in [0.2, 0.25) is 5.89 Å². The summed E-state index contributed by atoms with van der Waals surface area (Å²) in [6.45, 7) is 0.700. The zero-order chi connectivity index (χ0) is 13.0. The van der Waals surface area contributed by atoms with Crippen LogP contribution in [0.2, 0.25) is 0 Å². The molecule has 2 aromatic rings. The van der Waals surface area contributed by atoms with Crippen molar-refractivity contribution in [3.8, 4) is 0 Å². The summed E-state index contributed by atoms with van der Waals surface area (Å²) in [7, 11) is 3.95. The molecule has 1 aromatic heterocycles. The lowest BCUT2D eigenvalue weighted by molar-refractivity contribution is 0.349. The molecule has 0 spiro atoms. The van der Waals surface area contributed by atoms with Gasteiger partial charge in [-0.05, 0) is 38.2 Å². The van der Waals surface area contributed by atoms with E-state index in [1.165, 1.54) is 5.56 Å². The maximum atomic E-state index is 5.64. The van der Waals surface area contributed by atoms with E-state index in [4.69, 9.17) is 10.3 Å². The summed E-state index contributed by atoms with van der Waals surface area (Å²) in [4.78, 5) is 6.35. The van der Waals surface area contributed by atoms with E-state index in [-0.39, 0.29) is 0 Å². The van der Waals surface area contributed by atoms with Crippen LogP contribution in [-0.4, -0.2) is 29.1 Å². The van der Waals surface area contributed by atoms with Gasteiger partial charge in [-0.3, -0.25) is 0 Å². The number of hydrogen-bond donors (Lipinski definition) is 1. The van der Waals surface area contributed by atoms with E-state index in [1.54, 1.807) is 0 Å². The summed E-state index contributed by atoms with van der Waals surface area (Å²) in [5.74, 6) is 1.41. The molecule has 5 nitrogen and oxygen atoms in total. The van der Waals surface area contributed by atoms with Gasteiger partial charge in [0, 0.05) is 12.1 Å². The second-order valence-electron chi connectivity index (χ2n) is 4.58. The number of nitrogens with two attached hydrogens (primary N) is 1. The van der Waals surface area contributed by atoms with Gasteiger partial charge in [0.1, 0.15) is 0 Å². The molecule has 1 heterocycles. The van der Waals surface area contributed by atoms with Crippen molar-refractivity contribution in [2.24, 2.45) is 0 Å². The fourth-order valence-corrected chi connectivity index (χ4v) is 1.67. The molecule has 0 aliphatic rings. The fraction of sp³-hybridized carbons (Fsp3) is 0.385. The molecule has 0 bridgehead atoms. The van der Waals surface area contributed by atoms with Gasteiger partial charge in [-0.1, -0.05) is 17.3 Å². The standard InChI is InChI=1S/C13H18N4O/c1-17(2)9-12-15-13(18-16-12)8-5-10-3-6-11(14)7-4-10/h3-4,6-7H,5,8-9,14H2,1-2H3. The van der Waals surface area contributed by atoms with Crippen molar-refractivity contribution in [3.05, 3.63) is 41.5 Å². The number of anilines is 1. The highest BCUT2D eigenvalue weighted by atomic mass is 16.5. The van der Waals surface area contributed by atoms with E-state index >= 15 is 0 Å². The van der Waals surface area contributed by atoms with E-state index in [0.717, 1.165) is 24.4 Å². The average Bonchev–Trinajstić information content (AvgIpc) is 2.75. The van der Waals surface area contributed by atoms with Crippen LogP contribution in [0.25, 0.3) is 0 Å². The van der Waals surface area contributed by atoms with E-state index in [0.29, 0.717) is 12.4 Å². The maximum absolute atomic E-state index is 5.64. The van der Waals surface area contributed by atoms with E-state index < -0.39 is 0 Å². The first kappa shape index (κ1) is 12.6. The molecule has 96 valence electrons. The van der Waals surface area contributed by atoms with Crippen LogP contribution >= 0.6 is 0 Å². The summed E-state index contributed by atoms with van der Waals surface area (Å²) in [5, 5.41) is 3.93. The van der Waals surface area contributed by atoms with Crippen LogP contribution in [0.3, 0.4) is 0 Å². The molecule has 2 N–H and O–H groups in total. The molecule has 0 saturated carbocycles. The quantitative estimate of drug-likeness (QED) is 0.810. The molecule has 18 heavy (non-hydrogen) atoms. The highest BCUT2D eigenvalue weighted by molar-refractivity contribution is 5.39. The summed E-state index contributed by atoms with van der Waals surface area (Å²) < 4.78 is 5.20. The maximum Gasteiger partial charge on any atom is 0.227 e. The summed E-state index contributed by atoms with van der Waals surface area (Å²) in [6, 6.07) is 7.85. The SMILES string of the molecule is CN(C)Cc1noc(CCc2ccc(N)cc2)n1. The van der Waals surface area contributed by atoms with Crippen LogP contribution in [0.4, 0.5) is 5.69 Å². The van der Waals surface area contributed by atoms with Gasteiger partial charge in [-0.25, -0.2) is 0 Å². The average molecular weight is 246 g/mol. The number of benzene rings is 1. The molecule has 0 aliphatic heterocycles. The van der Waals surface area contributed by atoms with E-state index in [2.05, 4.69) is 10.1 Å². The number of rotatable bonds is 5. The third-order valence-corrected chi connectivity index (χ3v) is 2.58. The predicted octanol–water partition coefficient (Wildman–Crippen LogP) is 1.50. The van der Waals surface area contributed by atoms with Crippen LogP contribution in [-0.2, 0) is 19.4 Å². The third-order valence-electron chi connectivity index (χ3n) is 2.58. The number of nitrogen functional groups attached to an aromatic ring is 1. The molecule has 2 rings (SSSR count). The van der Waals surface area contributed by atoms with Gasteiger partial charge < -0.3 is 15.2 Å². The van der Waals surface area contributed by atoms with Crippen molar-refractivity contribution in [3.63, 3.8) is 0 Å². The molecule has 1 aromatic carbocycles. The normalized spacial score (nSPS) is 11.1. The zero-order valence-electron chi connectivity index (χ0n) is 10.8. The monoisotopic (exact) mass is 246 g/mol. The molecular weight excluding hydrogens is 228 g/mol. The van der Waals surface area contributed by atoms with Gasteiger partial charge in [0.05, 0.1) is 6.54 Å². The van der Waals surface area contributed by atoms with Gasteiger partial charge in [0.15, 0.2) is 5.82 Å². The molecule has 0 radical (unpaired) electrons.